The van der Waals surface area contributed by atoms with Gasteiger partial charge in [-0.05, 0) is 35.7 Å². The van der Waals surface area contributed by atoms with Crippen molar-refractivity contribution in [2.24, 2.45) is 0 Å². The highest BCUT2D eigenvalue weighted by atomic mass is 79.9. The van der Waals surface area contributed by atoms with Gasteiger partial charge in [0.25, 0.3) is 5.56 Å². The highest BCUT2D eigenvalue weighted by molar-refractivity contribution is 9.10. The molecule has 1 heterocycles. The lowest BCUT2D eigenvalue weighted by atomic mass is 10.3. The third-order valence-corrected chi connectivity index (χ3v) is 3.06. The lowest BCUT2D eigenvalue weighted by Crippen LogP contribution is -2.21. The molecule has 0 aliphatic heterocycles. The highest BCUT2D eigenvalue weighted by Gasteiger charge is 2.28. The first kappa shape index (κ1) is 8.94. The van der Waals surface area contributed by atoms with Crippen LogP contribution in [0.15, 0.2) is 15.6 Å². The Morgan fingerprint density at radius 3 is 2.92 bits per heavy atom. The zero-order valence-electron chi connectivity index (χ0n) is 7.46. The Morgan fingerprint density at radius 1 is 1.69 bits per heavy atom. The fourth-order valence-electron chi connectivity index (χ4n) is 1.34. The zero-order chi connectivity index (χ0) is 9.42. The summed E-state index contributed by atoms with van der Waals surface area (Å²) in [5, 5.41) is 0. The van der Waals surface area contributed by atoms with E-state index in [0.717, 1.165) is 5.69 Å². The minimum Gasteiger partial charge on any atom is -0.299 e. The standard InChI is InChI=1S/C9H11BrN2O/c1-2-12-5-11-8(6-3-4-6)7(10)9(12)13/h5-6H,2-4H2,1H3. The van der Waals surface area contributed by atoms with Crippen LogP contribution in [-0.2, 0) is 6.54 Å². The number of aromatic nitrogens is 2. The minimum atomic E-state index is 0.0411. The fourth-order valence-corrected chi connectivity index (χ4v) is 2.00. The molecule has 0 aromatic carbocycles. The van der Waals surface area contributed by atoms with Gasteiger partial charge in [-0.1, -0.05) is 0 Å². The highest BCUT2D eigenvalue weighted by Crippen LogP contribution is 2.40. The topological polar surface area (TPSA) is 34.9 Å². The summed E-state index contributed by atoms with van der Waals surface area (Å²) in [7, 11) is 0. The van der Waals surface area contributed by atoms with Gasteiger partial charge in [0.05, 0.1) is 12.0 Å². The van der Waals surface area contributed by atoms with Crippen molar-refractivity contribution in [1.82, 2.24) is 9.55 Å². The summed E-state index contributed by atoms with van der Waals surface area (Å²) in [4.78, 5) is 15.9. The second-order valence-corrected chi connectivity index (χ2v) is 4.10. The van der Waals surface area contributed by atoms with Gasteiger partial charge in [-0.3, -0.25) is 9.36 Å². The summed E-state index contributed by atoms with van der Waals surface area (Å²) >= 11 is 3.32. The van der Waals surface area contributed by atoms with Crippen LogP contribution >= 0.6 is 15.9 Å². The summed E-state index contributed by atoms with van der Waals surface area (Å²) in [6.45, 7) is 2.61. The van der Waals surface area contributed by atoms with Gasteiger partial charge in [0.1, 0.15) is 4.47 Å². The maximum absolute atomic E-state index is 11.6. The summed E-state index contributed by atoms with van der Waals surface area (Å²) in [5.74, 6) is 0.522. The second-order valence-electron chi connectivity index (χ2n) is 3.31. The fraction of sp³-hybridized carbons (Fsp3) is 0.556. The molecule has 1 aliphatic rings. The largest absolute Gasteiger partial charge is 0.299 e. The van der Waals surface area contributed by atoms with E-state index < -0.39 is 0 Å². The Balaban J connectivity index is 2.51. The molecule has 13 heavy (non-hydrogen) atoms. The van der Waals surface area contributed by atoms with E-state index in [-0.39, 0.29) is 5.56 Å². The van der Waals surface area contributed by atoms with Crippen molar-refractivity contribution < 1.29 is 0 Å². The van der Waals surface area contributed by atoms with Crippen LogP contribution in [0, 0.1) is 0 Å². The molecule has 0 saturated heterocycles. The maximum atomic E-state index is 11.6. The summed E-state index contributed by atoms with van der Waals surface area (Å²) < 4.78 is 2.26. The van der Waals surface area contributed by atoms with E-state index in [1.165, 1.54) is 12.8 Å². The van der Waals surface area contributed by atoms with Crippen LogP contribution in [0.2, 0.25) is 0 Å². The van der Waals surface area contributed by atoms with Gasteiger partial charge in [0.2, 0.25) is 0 Å². The summed E-state index contributed by atoms with van der Waals surface area (Å²) in [6, 6.07) is 0. The molecule has 3 nitrogen and oxygen atoms in total. The molecule has 0 radical (unpaired) electrons. The van der Waals surface area contributed by atoms with Gasteiger partial charge < -0.3 is 0 Å². The van der Waals surface area contributed by atoms with Crippen LogP contribution in [0.5, 0.6) is 0 Å². The molecule has 1 fully saturated rings. The number of hydrogen-bond donors (Lipinski definition) is 0. The van der Waals surface area contributed by atoms with Crippen molar-refractivity contribution >= 4 is 15.9 Å². The van der Waals surface area contributed by atoms with Crippen LogP contribution in [0.1, 0.15) is 31.4 Å². The van der Waals surface area contributed by atoms with Crippen LogP contribution in [-0.4, -0.2) is 9.55 Å². The van der Waals surface area contributed by atoms with Gasteiger partial charge in [0, 0.05) is 12.5 Å². The van der Waals surface area contributed by atoms with Crippen molar-refractivity contribution in [2.75, 3.05) is 0 Å². The smallest absolute Gasteiger partial charge is 0.267 e. The molecule has 1 aromatic heterocycles. The lowest BCUT2D eigenvalue weighted by Gasteiger charge is -2.04. The molecule has 70 valence electrons. The van der Waals surface area contributed by atoms with Crippen molar-refractivity contribution in [3.8, 4) is 0 Å². The number of rotatable bonds is 2. The summed E-state index contributed by atoms with van der Waals surface area (Å²) in [5.41, 5.74) is 0.981. The molecule has 1 aromatic rings. The Morgan fingerprint density at radius 2 is 2.38 bits per heavy atom. The van der Waals surface area contributed by atoms with Crippen LogP contribution < -0.4 is 5.56 Å². The molecule has 0 amide bonds. The third kappa shape index (κ3) is 1.55. The predicted molar refractivity (Wildman–Crippen MR) is 53.8 cm³/mol. The molecule has 0 bridgehead atoms. The number of nitrogens with zero attached hydrogens (tertiary/aromatic N) is 2. The molecular weight excluding hydrogens is 232 g/mol. The van der Waals surface area contributed by atoms with Gasteiger partial charge in [-0.25, -0.2) is 4.98 Å². The molecule has 1 aliphatic carbocycles. The van der Waals surface area contributed by atoms with Gasteiger partial charge in [-0.2, -0.15) is 0 Å². The van der Waals surface area contributed by atoms with E-state index in [4.69, 9.17) is 0 Å². The minimum absolute atomic E-state index is 0.0411. The lowest BCUT2D eigenvalue weighted by molar-refractivity contribution is 0.691. The van der Waals surface area contributed by atoms with Crippen molar-refractivity contribution in [3.05, 3.63) is 26.8 Å². The Labute approximate surface area is 84.9 Å². The van der Waals surface area contributed by atoms with E-state index in [1.54, 1.807) is 10.9 Å². The second kappa shape index (κ2) is 3.25. The monoisotopic (exact) mass is 242 g/mol. The zero-order valence-corrected chi connectivity index (χ0v) is 9.04. The van der Waals surface area contributed by atoms with Crippen molar-refractivity contribution in [3.63, 3.8) is 0 Å². The molecule has 2 rings (SSSR count). The molecule has 0 spiro atoms. The first-order valence-electron chi connectivity index (χ1n) is 4.49. The average molecular weight is 243 g/mol. The SMILES string of the molecule is CCn1cnc(C2CC2)c(Br)c1=O. The van der Waals surface area contributed by atoms with E-state index in [9.17, 15) is 4.79 Å². The normalized spacial score (nSPS) is 16.2. The molecule has 0 unspecified atom stereocenters. The molecule has 4 heteroatoms. The van der Waals surface area contributed by atoms with Crippen LogP contribution in [0.25, 0.3) is 0 Å². The Bertz CT molecular complexity index is 382. The molecule has 0 atom stereocenters. The average Bonchev–Trinajstić information content (AvgIpc) is 2.93. The maximum Gasteiger partial charge on any atom is 0.267 e. The van der Waals surface area contributed by atoms with Gasteiger partial charge >= 0.3 is 0 Å². The quantitative estimate of drug-likeness (QED) is 0.795. The van der Waals surface area contributed by atoms with E-state index in [0.29, 0.717) is 16.9 Å². The predicted octanol–water partition coefficient (Wildman–Crippen LogP) is 1.90. The van der Waals surface area contributed by atoms with Crippen LogP contribution in [0.4, 0.5) is 0 Å². The Hall–Kier alpha value is -0.640. The van der Waals surface area contributed by atoms with E-state index in [1.807, 2.05) is 6.92 Å². The molecule has 1 saturated carbocycles. The first-order valence-corrected chi connectivity index (χ1v) is 5.28. The number of hydrogen-bond acceptors (Lipinski definition) is 2. The Kier molecular flexibility index (Phi) is 2.24. The number of halogens is 1. The van der Waals surface area contributed by atoms with Crippen molar-refractivity contribution in [1.29, 1.82) is 0 Å². The van der Waals surface area contributed by atoms with Gasteiger partial charge in [-0.15, -0.1) is 0 Å². The van der Waals surface area contributed by atoms with Gasteiger partial charge in [0.15, 0.2) is 0 Å². The van der Waals surface area contributed by atoms with Crippen molar-refractivity contribution in [2.45, 2.75) is 32.2 Å². The summed E-state index contributed by atoms with van der Waals surface area (Å²) in [6.07, 6.45) is 3.98. The third-order valence-electron chi connectivity index (χ3n) is 2.31. The van der Waals surface area contributed by atoms with E-state index >= 15 is 0 Å². The molecule has 0 N–H and O–H groups in total. The van der Waals surface area contributed by atoms with E-state index in [2.05, 4.69) is 20.9 Å². The number of aryl methyl sites for hydroxylation is 1. The molecular formula is C9H11BrN2O. The van der Waals surface area contributed by atoms with Crippen LogP contribution in [0.3, 0.4) is 0 Å². The first-order chi connectivity index (χ1) is 6.24.